The number of benzene rings is 2. The van der Waals surface area contributed by atoms with E-state index in [-0.39, 0.29) is 17.3 Å². The summed E-state index contributed by atoms with van der Waals surface area (Å²) < 4.78 is 16.5. The Morgan fingerprint density at radius 3 is 2.45 bits per heavy atom. The van der Waals surface area contributed by atoms with Crippen molar-refractivity contribution in [2.24, 2.45) is 0 Å². The molecule has 1 N–H and O–H groups in total. The second kappa shape index (κ2) is 7.53. The molecule has 6 nitrogen and oxygen atoms in total. The molecule has 0 unspecified atom stereocenters. The van der Waals surface area contributed by atoms with Crippen LogP contribution in [0.1, 0.15) is 15.9 Å². The zero-order valence-electron chi connectivity index (χ0n) is 16.3. The predicted octanol–water partition coefficient (Wildman–Crippen LogP) is 4.09. The largest absolute Gasteiger partial charge is 0.322 e. The Labute approximate surface area is 176 Å². The summed E-state index contributed by atoms with van der Waals surface area (Å²) in [6.07, 6.45) is 3.51. The molecule has 0 saturated heterocycles. The van der Waals surface area contributed by atoms with E-state index < -0.39 is 0 Å². The molecule has 3 heterocycles. The van der Waals surface area contributed by atoms with Gasteiger partial charge in [-0.05, 0) is 66.2 Å². The molecule has 5 aromatic rings. The average Bonchev–Trinajstić information content (AvgIpc) is 3.29. The van der Waals surface area contributed by atoms with Gasteiger partial charge in [0.15, 0.2) is 5.65 Å². The van der Waals surface area contributed by atoms with Gasteiger partial charge in [0.1, 0.15) is 11.3 Å². The maximum absolute atomic E-state index is 13.0. The van der Waals surface area contributed by atoms with Crippen LogP contribution in [0.4, 0.5) is 10.1 Å². The number of carbonyl (C=O) groups is 1. The molecule has 0 aliphatic rings. The first-order chi connectivity index (χ1) is 15.1. The van der Waals surface area contributed by atoms with Crippen LogP contribution in [-0.2, 0) is 6.54 Å². The third kappa shape index (κ3) is 3.46. The fraction of sp³-hybridized carbons (Fsp3) is 0.0417. The number of amides is 1. The molecule has 7 heteroatoms. The number of halogens is 1. The van der Waals surface area contributed by atoms with Gasteiger partial charge in [-0.15, -0.1) is 0 Å². The predicted molar refractivity (Wildman–Crippen MR) is 117 cm³/mol. The highest BCUT2D eigenvalue weighted by atomic mass is 19.1. The van der Waals surface area contributed by atoms with Crippen LogP contribution in [0.25, 0.3) is 16.7 Å². The van der Waals surface area contributed by atoms with Crippen molar-refractivity contribution < 1.29 is 9.18 Å². The van der Waals surface area contributed by atoms with Crippen LogP contribution in [-0.4, -0.2) is 19.9 Å². The van der Waals surface area contributed by atoms with E-state index in [4.69, 9.17) is 0 Å². The molecular weight excluding hydrogens is 395 g/mol. The van der Waals surface area contributed by atoms with Crippen LogP contribution in [0.3, 0.4) is 0 Å². The lowest BCUT2D eigenvalue weighted by Crippen LogP contribution is -2.24. The van der Waals surface area contributed by atoms with Gasteiger partial charge >= 0.3 is 0 Å². The molecular formula is C24H17FN4O2. The minimum atomic E-state index is -0.363. The summed E-state index contributed by atoms with van der Waals surface area (Å²) in [6.45, 7) is 0.327. The van der Waals surface area contributed by atoms with Crippen molar-refractivity contribution in [1.82, 2.24) is 14.0 Å². The van der Waals surface area contributed by atoms with Crippen LogP contribution < -0.4 is 10.9 Å². The SMILES string of the molecule is O=C(Nc1ccc(F)cc1)c1ccc(Cn2c(=O)c3cccn3c3cccnc32)cc1. The van der Waals surface area contributed by atoms with Gasteiger partial charge in [-0.1, -0.05) is 12.1 Å². The Hall–Kier alpha value is -4.26. The van der Waals surface area contributed by atoms with Crippen molar-refractivity contribution in [3.63, 3.8) is 0 Å². The van der Waals surface area contributed by atoms with Gasteiger partial charge in [-0.2, -0.15) is 0 Å². The Bertz CT molecular complexity index is 1470. The molecule has 152 valence electrons. The van der Waals surface area contributed by atoms with Crippen LogP contribution in [0, 0.1) is 5.82 Å². The highest BCUT2D eigenvalue weighted by Gasteiger charge is 2.12. The lowest BCUT2D eigenvalue weighted by Gasteiger charge is -2.12. The Morgan fingerprint density at radius 2 is 1.68 bits per heavy atom. The molecule has 0 atom stereocenters. The third-order valence-electron chi connectivity index (χ3n) is 5.15. The van der Waals surface area contributed by atoms with Crippen molar-refractivity contribution in [3.05, 3.63) is 112 Å². The zero-order valence-corrected chi connectivity index (χ0v) is 16.3. The number of fused-ring (bicyclic) bond motifs is 3. The lowest BCUT2D eigenvalue weighted by molar-refractivity contribution is 0.102. The summed E-state index contributed by atoms with van der Waals surface area (Å²) >= 11 is 0. The van der Waals surface area contributed by atoms with E-state index in [1.165, 1.54) is 24.3 Å². The van der Waals surface area contributed by atoms with Crippen molar-refractivity contribution in [2.75, 3.05) is 5.32 Å². The van der Waals surface area contributed by atoms with Gasteiger partial charge in [-0.3, -0.25) is 14.2 Å². The van der Waals surface area contributed by atoms with Gasteiger partial charge in [0.25, 0.3) is 11.5 Å². The van der Waals surface area contributed by atoms with E-state index >= 15 is 0 Å². The van der Waals surface area contributed by atoms with Gasteiger partial charge in [0.05, 0.1) is 12.1 Å². The fourth-order valence-corrected chi connectivity index (χ4v) is 3.61. The number of nitrogens with zero attached hydrogens (tertiary/aromatic N) is 3. The summed E-state index contributed by atoms with van der Waals surface area (Å²) in [5, 5.41) is 2.73. The molecule has 0 saturated carbocycles. The topological polar surface area (TPSA) is 68.4 Å². The summed E-state index contributed by atoms with van der Waals surface area (Å²) in [5.74, 6) is -0.657. The maximum atomic E-state index is 13.0. The van der Waals surface area contributed by atoms with Crippen molar-refractivity contribution in [1.29, 1.82) is 0 Å². The second-order valence-corrected chi connectivity index (χ2v) is 7.16. The molecule has 3 aromatic heterocycles. The number of rotatable bonds is 4. The monoisotopic (exact) mass is 412 g/mol. The molecule has 1 amide bonds. The second-order valence-electron chi connectivity index (χ2n) is 7.16. The summed E-state index contributed by atoms with van der Waals surface area (Å²) in [5.41, 5.74) is 3.73. The van der Waals surface area contributed by atoms with Crippen LogP contribution in [0.15, 0.2) is 90.0 Å². The minimum absolute atomic E-state index is 0.130. The van der Waals surface area contributed by atoms with E-state index in [0.717, 1.165) is 11.1 Å². The van der Waals surface area contributed by atoms with E-state index in [1.807, 2.05) is 40.9 Å². The number of nitrogens with one attached hydrogen (secondary N) is 1. The Kier molecular flexibility index (Phi) is 4.55. The third-order valence-corrected chi connectivity index (χ3v) is 5.15. The number of pyridine rings is 1. The number of hydrogen-bond donors (Lipinski definition) is 1. The van der Waals surface area contributed by atoms with Crippen molar-refractivity contribution >= 4 is 28.3 Å². The zero-order chi connectivity index (χ0) is 21.4. The molecule has 0 aliphatic heterocycles. The van der Waals surface area contributed by atoms with Crippen molar-refractivity contribution in [2.45, 2.75) is 6.54 Å². The van der Waals surface area contributed by atoms with Crippen LogP contribution in [0.5, 0.6) is 0 Å². The van der Waals surface area contributed by atoms with E-state index in [1.54, 1.807) is 29.0 Å². The normalized spacial score (nSPS) is 11.1. The van der Waals surface area contributed by atoms with Crippen LogP contribution in [0.2, 0.25) is 0 Å². The smallest absolute Gasteiger partial charge is 0.276 e. The quantitative estimate of drug-likeness (QED) is 0.484. The summed E-state index contributed by atoms with van der Waals surface area (Å²) in [4.78, 5) is 29.9. The maximum Gasteiger partial charge on any atom is 0.276 e. The average molecular weight is 412 g/mol. The number of anilines is 1. The first-order valence-corrected chi connectivity index (χ1v) is 9.70. The first kappa shape index (κ1) is 18.7. The Morgan fingerprint density at radius 1 is 0.935 bits per heavy atom. The van der Waals surface area contributed by atoms with Gasteiger partial charge in [-0.25, -0.2) is 9.37 Å². The number of carbonyl (C=O) groups excluding carboxylic acids is 1. The van der Waals surface area contributed by atoms with Crippen molar-refractivity contribution in [3.8, 4) is 0 Å². The highest BCUT2D eigenvalue weighted by molar-refractivity contribution is 6.04. The molecule has 0 bridgehead atoms. The number of hydrogen-bond acceptors (Lipinski definition) is 3. The molecule has 31 heavy (non-hydrogen) atoms. The first-order valence-electron chi connectivity index (χ1n) is 9.70. The fourth-order valence-electron chi connectivity index (χ4n) is 3.61. The van der Waals surface area contributed by atoms with Crippen LogP contribution >= 0.6 is 0 Å². The number of aromatic nitrogens is 3. The molecule has 0 aliphatic carbocycles. The molecule has 0 radical (unpaired) electrons. The molecule has 0 spiro atoms. The van der Waals surface area contributed by atoms with E-state index in [0.29, 0.717) is 29.0 Å². The molecule has 5 rings (SSSR count). The highest BCUT2D eigenvalue weighted by Crippen LogP contribution is 2.16. The summed E-state index contributed by atoms with van der Waals surface area (Å²) in [6, 6.07) is 20.0. The molecule has 0 fully saturated rings. The lowest BCUT2D eigenvalue weighted by atomic mass is 10.1. The van der Waals surface area contributed by atoms with E-state index in [2.05, 4.69) is 10.3 Å². The Balaban J connectivity index is 1.44. The van der Waals surface area contributed by atoms with Gasteiger partial charge < -0.3 is 9.72 Å². The molecule has 2 aromatic carbocycles. The standard InChI is InChI=1S/C24H17FN4O2/c25-18-9-11-19(12-10-18)27-23(30)17-7-5-16(6-8-17)15-29-22-20(3-1-13-26-22)28-14-2-4-21(28)24(29)31/h1-14H,15H2,(H,27,30). The minimum Gasteiger partial charge on any atom is -0.322 e. The van der Waals surface area contributed by atoms with Gasteiger partial charge in [0.2, 0.25) is 0 Å². The van der Waals surface area contributed by atoms with E-state index in [9.17, 15) is 14.0 Å². The van der Waals surface area contributed by atoms with Gasteiger partial charge in [0, 0.05) is 23.6 Å². The summed E-state index contributed by atoms with van der Waals surface area (Å²) in [7, 11) is 0.